The highest BCUT2D eigenvalue weighted by Gasteiger charge is 2.59. The first-order valence-corrected chi connectivity index (χ1v) is 28.7. The predicted molar refractivity (Wildman–Crippen MR) is 294 cm³/mol. The molecule has 4 saturated heterocycles. The summed E-state index contributed by atoms with van der Waals surface area (Å²) in [7, 11) is 5.23. The van der Waals surface area contributed by atoms with Crippen LogP contribution in [0.5, 0.6) is 0 Å². The van der Waals surface area contributed by atoms with Crippen LogP contribution < -0.4 is 16.1 Å². The van der Waals surface area contributed by atoms with Gasteiger partial charge >= 0.3 is 18.1 Å². The van der Waals surface area contributed by atoms with E-state index in [1.165, 1.54) is 19.2 Å². The lowest BCUT2D eigenvalue weighted by Gasteiger charge is -2.49. The number of aromatic nitrogens is 1. The third-order valence-corrected chi connectivity index (χ3v) is 17.0. The Morgan fingerprint density at radius 2 is 1.68 bits per heavy atom. The van der Waals surface area contributed by atoms with E-state index in [-0.39, 0.29) is 61.6 Å². The van der Waals surface area contributed by atoms with Crippen molar-refractivity contribution in [3.8, 4) is 0 Å². The standard InChI is InChI=1S/C58H90FN5O16/c1-16-44-58(12)51(78-55(69)79-58)33(6)47(62-80-30(2)3)31(4)28-56(10,70)50(77-54-48(67)42(63(13)14)25-32(5)72-54)34(7)49(35(8)53(68)74-44)76-46-29-57(11,71-15)52(36(9)73-46)75-45(66)19-21-60-22-23-61-40-27-41-38(26-39(40)59)43(65)20-24-64(41)37-17-18-37/h20,24,26-27,30-37,42,44,46,48-52,54,60-61,67,70H,16-19,21-23,25,28-29H2,1-15H3/b62-47+/t31-,32-,33+,34+,35-,36+,42+,44-,46+,48-,49?,50-,51-,52+,54+,56-,57-,58-/m1/s1. The van der Waals surface area contributed by atoms with Gasteiger partial charge in [0.05, 0.1) is 59.3 Å². The largest absolute Gasteiger partial charge is 0.509 e. The van der Waals surface area contributed by atoms with Crippen LogP contribution in [0.4, 0.5) is 14.9 Å². The van der Waals surface area contributed by atoms with Crippen LogP contribution in [-0.2, 0) is 57.1 Å². The normalized spacial score (nSPS) is 37.9. The number of cyclic esters (lactones) is 1. The second-order valence-corrected chi connectivity index (χ2v) is 24.2. The Morgan fingerprint density at radius 3 is 2.33 bits per heavy atom. The monoisotopic (exact) mass is 1130 g/mol. The zero-order chi connectivity index (χ0) is 58.8. The zero-order valence-corrected chi connectivity index (χ0v) is 49.5. The van der Waals surface area contributed by atoms with Crippen molar-refractivity contribution in [1.29, 1.82) is 0 Å². The number of benzene rings is 1. The number of hydrogen-bond acceptors (Lipinski definition) is 20. The Balaban J connectivity index is 1.11. The summed E-state index contributed by atoms with van der Waals surface area (Å²) in [5, 5.41) is 36.2. The van der Waals surface area contributed by atoms with Crippen molar-refractivity contribution >= 4 is 40.4 Å². The van der Waals surface area contributed by atoms with Crippen molar-refractivity contribution in [3.63, 3.8) is 0 Å². The Labute approximate surface area is 470 Å². The van der Waals surface area contributed by atoms with E-state index < -0.39 is 120 Å². The molecule has 5 aliphatic rings. The summed E-state index contributed by atoms with van der Waals surface area (Å²) in [6, 6.07) is 4.36. The molecule has 0 amide bonds. The summed E-state index contributed by atoms with van der Waals surface area (Å²) in [5.74, 6) is -4.98. The molecule has 4 aliphatic heterocycles. The maximum Gasteiger partial charge on any atom is 0.509 e. The predicted octanol–water partition coefficient (Wildman–Crippen LogP) is 6.61. The number of fused-ring (bicyclic) bond motifs is 2. The van der Waals surface area contributed by atoms with E-state index in [1.54, 1.807) is 53.8 Å². The maximum absolute atomic E-state index is 15.1. The summed E-state index contributed by atoms with van der Waals surface area (Å²) in [6.45, 7) is 22.3. The van der Waals surface area contributed by atoms with Crippen LogP contribution in [0.1, 0.15) is 134 Å². The second kappa shape index (κ2) is 26.0. The molecule has 5 heterocycles. The maximum atomic E-state index is 15.1. The third-order valence-electron chi connectivity index (χ3n) is 17.0. The van der Waals surface area contributed by atoms with E-state index in [0.29, 0.717) is 42.2 Å². The number of halogens is 1. The van der Waals surface area contributed by atoms with Crippen LogP contribution in [0.15, 0.2) is 34.3 Å². The number of carbonyl (C=O) groups excluding carboxylic acids is 3. The molecule has 7 rings (SSSR count). The van der Waals surface area contributed by atoms with Gasteiger partial charge in [0, 0.05) is 80.7 Å². The number of aliphatic hydroxyl groups is 2. The van der Waals surface area contributed by atoms with Crippen LogP contribution in [0.25, 0.3) is 10.9 Å². The van der Waals surface area contributed by atoms with Gasteiger partial charge in [-0.1, -0.05) is 32.9 Å². The number of esters is 2. The Hall–Kier alpha value is -4.52. The van der Waals surface area contributed by atoms with Gasteiger partial charge in [-0.15, -0.1) is 0 Å². The number of carbonyl (C=O) groups is 3. The number of pyridine rings is 1. The molecule has 2 aromatic rings. The van der Waals surface area contributed by atoms with Gasteiger partial charge in [0.25, 0.3) is 0 Å². The third kappa shape index (κ3) is 14.1. The highest BCUT2D eigenvalue weighted by atomic mass is 19.1. The lowest BCUT2D eigenvalue weighted by atomic mass is 9.73. The van der Waals surface area contributed by atoms with Gasteiger partial charge in [-0.3, -0.25) is 14.4 Å². The molecule has 1 aromatic heterocycles. The topological polar surface area (TPSA) is 246 Å². The molecule has 80 heavy (non-hydrogen) atoms. The van der Waals surface area contributed by atoms with Gasteiger partial charge in [-0.05, 0) is 114 Å². The second-order valence-electron chi connectivity index (χ2n) is 24.2. The van der Waals surface area contributed by atoms with Gasteiger partial charge in [0.15, 0.2) is 35.8 Å². The van der Waals surface area contributed by atoms with E-state index in [4.69, 9.17) is 47.5 Å². The molecule has 450 valence electrons. The van der Waals surface area contributed by atoms with Crippen molar-refractivity contribution in [2.45, 2.75) is 224 Å². The minimum Gasteiger partial charge on any atom is -0.458 e. The van der Waals surface area contributed by atoms with Crippen LogP contribution >= 0.6 is 0 Å². The first-order valence-electron chi connectivity index (χ1n) is 28.7. The number of oxime groups is 1. The fourth-order valence-electron chi connectivity index (χ4n) is 12.5. The average molecular weight is 1130 g/mol. The number of nitrogens with zero attached hydrogens (tertiary/aromatic N) is 3. The van der Waals surface area contributed by atoms with Crippen molar-refractivity contribution in [1.82, 2.24) is 14.8 Å². The van der Waals surface area contributed by atoms with Gasteiger partial charge in [-0.2, -0.15) is 0 Å². The van der Waals surface area contributed by atoms with Crippen molar-refractivity contribution in [2.75, 3.05) is 46.2 Å². The molecule has 0 bridgehead atoms. The summed E-state index contributed by atoms with van der Waals surface area (Å²) < 4.78 is 74.3. The molecule has 21 nitrogen and oxygen atoms in total. The molecule has 1 aromatic carbocycles. The van der Waals surface area contributed by atoms with E-state index >= 15 is 4.39 Å². The highest BCUT2D eigenvalue weighted by Crippen LogP contribution is 2.44. The van der Waals surface area contributed by atoms with Crippen LogP contribution in [0.3, 0.4) is 0 Å². The molecule has 0 spiro atoms. The minimum atomic E-state index is -1.79. The van der Waals surface area contributed by atoms with Crippen LogP contribution in [0.2, 0.25) is 0 Å². The quantitative estimate of drug-likeness (QED) is 0.0531. The molecule has 0 radical (unpaired) electrons. The Morgan fingerprint density at radius 1 is 0.963 bits per heavy atom. The molecule has 1 saturated carbocycles. The number of ether oxygens (including phenoxy) is 9. The van der Waals surface area contributed by atoms with Crippen LogP contribution in [-0.4, -0.2) is 175 Å². The van der Waals surface area contributed by atoms with Gasteiger partial charge < -0.3 is 77.8 Å². The number of rotatable bonds is 18. The van der Waals surface area contributed by atoms with Crippen molar-refractivity contribution < 1.29 is 76.5 Å². The average Bonchev–Trinajstić information content (AvgIpc) is 4.19. The molecule has 22 heteroatoms. The molecule has 5 fully saturated rings. The molecule has 1 aliphatic carbocycles. The van der Waals surface area contributed by atoms with Crippen LogP contribution in [0, 0.1) is 29.5 Å². The molecule has 4 N–H and O–H groups in total. The first-order chi connectivity index (χ1) is 37.6. The molecular weight excluding hydrogens is 1040 g/mol. The number of likely N-dealkylation sites (N-methyl/N-ethyl adjacent to an activating group) is 1. The van der Waals surface area contributed by atoms with Gasteiger partial charge in [0.1, 0.15) is 29.7 Å². The van der Waals surface area contributed by atoms with Gasteiger partial charge in [-0.25, -0.2) is 9.18 Å². The lowest BCUT2D eigenvalue weighted by molar-refractivity contribution is -0.318. The minimum absolute atomic E-state index is 0.00208. The summed E-state index contributed by atoms with van der Waals surface area (Å²) in [6.07, 6.45) is -6.63. The zero-order valence-electron chi connectivity index (χ0n) is 49.5. The number of hydrogen-bond donors (Lipinski definition) is 4. The molecule has 18 atom stereocenters. The number of nitrogens with one attached hydrogen (secondary N) is 2. The van der Waals surface area contributed by atoms with E-state index in [9.17, 15) is 29.4 Å². The summed E-state index contributed by atoms with van der Waals surface area (Å²) in [4.78, 5) is 61.9. The number of anilines is 1. The van der Waals surface area contributed by atoms with Crippen molar-refractivity contribution in [2.24, 2.45) is 28.8 Å². The summed E-state index contributed by atoms with van der Waals surface area (Å²) >= 11 is 0. The van der Waals surface area contributed by atoms with E-state index in [2.05, 4.69) is 15.8 Å². The number of aliphatic hydroxyl groups excluding tert-OH is 1. The Kier molecular flexibility index (Phi) is 20.5. The van der Waals surface area contributed by atoms with E-state index in [0.717, 1.165) is 12.8 Å². The highest BCUT2D eigenvalue weighted by molar-refractivity contribution is 5.89. The molecular formula is C58H90FN5O16. The van der Waals surface area contributed by atoms with E-state index in [1.807, 2.05) is 65.1 Å². The lowest BCUT2D eigenvalue weighted by Crippen LogP contribution is -2.61. The fraction of sp³-hybridized carbons (Fsp3) is 0.776. The number of methoxy groups -OCH3 is 1. The summed E-state index contributed by atoms with van der Waals surface area (Å²) in [5.41, 5.74) is -3.27. The smallest absolute Gasteiger partial charge is 0.458 e. The van der Waals surface area contributed by atoms with Crippen molar-refractivity contribution in [3.05, 3.63) is 40.4 Å². The fourth-order valence-corrected chi connectivity index (χ4v) is 12.5. The molecule has 1 unspecified atom stereocenters. The Bertz CT molecular complexity index is 2560. The van der Waals surface area contributed by atoms with Gasteiger partial charge in [0.2, 0.25) is 0 Å². The SMILES string of the molecule is CC[C@H]1OC(=O)[C@H](C)C(O[C@H]2C[C@@](C)(OC)[C@@H](OC(=O)CCNCCNc3cc4c(cc3F)c(=O)ccn4C3CC3)[C@H](C)O2)[C@H](C)[C@@H](O[C@@H]2O[C@H](C)C[C@H](N(C)C)[C@H]2O)[C@](C)(O)C[C@@H](C)/C(=N\OC(C)C)[C@H](C)[C@H]2OC(=O)O[C@@]21C. The first kappa shape index (κ1) is 63.1.